The number of carbonyl (C=O) groups excluding carboxylic acids is 1. The number of benzene rings is 1. The molecule has 0 saturated heterocycles. The molecule has 1 unspecified atom stereocenters. The van der Waals surface area contributed by atoms with Gasteiger partial charge >= 0.3 is 0 Å². The average molecular weight is 264 g/mol. The van der Waals surface area contributed by atoms with Gasteiger partial charge in [-0.15, -0.1) is 0 Å². The molecule has 0 spiro atoms. The Balaban J connectivity index is 2.09. The van der Waals surface area contributed by atoms with Crippen LogP contribution in [0.4, 0.5) is 0 Å². The molecule has 1 aliphatic rings. The lowest BCUT2D eigenvalue weighted by Crippen LogP contribution is -2.51. The van der Waals surface area contributed by atoms with Gasteiger partial charge in [0.2, 0.25) is 5.91 Å². The van der Waals surface area contributed by atoms with Crippen LogP contribution in [-0.4, -0.2) is 16.9 Å². The lowest BCUT2D eigenvalue weighted by Gasteiger charge is -2.27. The number of amides is 1. The van der Waals surface area contributed by atoms with E-state index >= 15 is 0 Å². The molecule has 0 aromatic heterocycles. The Bertz CT molecular complexity index is 404. The molecular weight excluding hydrogens is 244 g/mol. The van der Waals surface area contributed by atoms with Gasteiger partial charge in [-0.2, -0.15) is 11.8 Å². The summed E-state index contributed by atoms with van der Waals surface area (Å²) < 4.78 is 0. The van der Waals surface area contributed by atoms with Crippen molar-refractivity contribution in [3.05, 3.63) is 35.9 Å². The van der Waals surface area contributed by atoms with E-state index < -0.39 is 11.4 Å². The fraction of sp³-hybridized carbons (Fsp3) is 0.500. The number of carbonyl (C=O) groups is 1. The van der Waals surface area contributed by atoms with Crippen LogP contribution in [0.2, 0.25) is 0 Å². The largest absolute Gasteiger partial charge is 0.368 e. The lowest BCUT2D eigenvalue weighted by atomic mass is 9.92. The quantitative estimate of drug-likeness (QED) is 0.854. The van der Waals surface area contributed by atoms with E-state index in [9.17, 15) is 4.79 Å². The van der Waals surface area contributed by atoms with Gasteiger partial charge in [-0.25, -0.2) is 0 Å². The zero-order chi connectivity index (χ0) is 13.0. The average Bonchev–Trinajstić information content (AvgIpc) is 2.90. The van der Waals surface area contributed by atoms with Crippen LogP contribution >= 0.6 is 11.8 Å². The molecule has 2 rings (SSSR count). The SMILES string of the molecule is NC(=O)C(N)(CSC1CCCC1)c1ccccc1. The third-order valence-corrected chi connectivity index (χ3v) is 5.14. The molecule has 0 bridgehead atoms. The van der Waals surface area contributed by atoms with Gasteiger partial charge in [0.05, 0.1) is 0 Å². The fourth-order valence-corrected chi connectivity index (χ4v) is 3.81. The minimum absolute atomic E-state index is 0.445. The highest BCUT2D eigenvalue weighted by Gasteiger charge is 2.35. The van der Waals surface area contributed by atoms with E-state index in [4.69, 9.17) is 11.5 Å². The number of rotatable bonds is 5. The zero-order valence-corrected chi connectivity index (χ0v) is 11.3. The number of nitrogens with two attached hydrogens (primary N) is 2. The van der Waals surface area contributed by atoms with Gasteiger partial charge in [-0.3, -0.25) is 4.79 Å². The predicted molar refractivity (Wildman–Crippen MR) is 76.2 cm³/mol. The zero-order valence-electron chi connectivity index (χ0n) is 10.5. The van der Waals surface area contributed by atoms with Crippen molar-refractivity contribution in [1.29, 1.82) is 0 Å². The van der Waals surface area contributed by atoms with Crippen molar-refractivity contribution in [2.75, 3.05) is 5.75 Å². The minimum Gasteiger partial charge on any atom is -0.368 e. The van der Waals surface area contributed by atoms with Crippen molar-refractivity contribution >= 4 is 17.7 Å². The Kier molecular flexibility index (Phi) is 4.30. The maximum absolute atomic E-state index is 11.7. The highest BCUT2D eigenvalue weighted by molar-refractivity contribution is 8.00. The second-order valence-electron chi connectivity index (χ2n) is 4.92. The maximum atomic E-state index is 11.7. The first kappa shape index (κ1) is 13.4. The highest BCUT2D eigenvalue weighted by Crippen LogP contribution is 2.33. The number of primary amides is 1. The van der Waals surface area contributed by atoms with Crippen LogP contribution in [0.5, 0.6) is 0 Å². The molecule has 18 heavy (non-hydrogen) atoms. The van der Waals surface area contributed by atoms with Crippen LogP contribution in [-0.2, 0) is 10.3 Å². The summed E-state index contributed by atoms with van der Waals surface area (Å²) in [4.78, 5) is 11.7. The topological polar surface area (TPSA) is 69.1 Å². The van der Waals surface area contributed by atoms with Crippen molar-refractivity contribution in [2.45, 2.75) is 36.5 Å². The summed E-state index contributed by atoms with van der Waals surface area (Å²) in [6, 6.07) is 9.44. The first-order valence-corrected chi connectivity index (χ1v) is 7.44. The second kappa shape index (κ2) is 5.76. The number of thioether (sulfide) groups is 1. The van der Waals surface area contributed by atoms with Gasteiger partial charge in [-0.1, -0.05) is 43.2 Å². The highest BCUT2D eigenvalue weighted by atomic mass is 32.2. The van der Waals surface area contributed by atoms with Crippen LogP contribution in [0.3, 0.4) is 0 Å². The number of hydrogen-bond acceptors (Lipinski definition) is 3. The molecule has 0 aliphatic heterocycles. The van der Waals surface area contributed by atoms with E-state index in [1.165, 1.54) is 25.7 Å². The van der Waals surface area contributed by atoms with Crippen LogP contribution in [0, 0.1) is 0 Å². The summed E-state index contributed by atoms with van der Waals surface area (Å²) in [6.07, 6.45) is 5.04. The molecule has 1 fully saturated rings. The molecular formula is C14H20N2OS. The molecule has 1 aromatic carbocycles. The van der Waals surface area contributed by atoms with Crippen LogP contribution in [0.15, 0.2) is 30.3 Å². The summed E-state index contributed by atoms with van der Waals surface area (Å²) in [6.45, 7) is 0. The molecule has 1 amide bonds. The molecule has 1 atom stereocenters. The monoisotopic (exact) mass is 264 g/mol. The summed E-state index contributed by atoms with van der Waals surface area (Å²) in [5.74, 6) is 0.121. The van der Waals surface area contributed by atoms with Gasteiger partial charge in [0.15, 0.2) is 0 Å². The third kappa shape index (κ3) is 2.87. The molecule has 3 nitrogen and oxygen atoms in total. The Morgan fingerprint density at radius 1 is 1.28 bits per heavy atom. The van der Waals surface area contributed by atoms with Gasteiger partial charge in [0, 0.05) is 11.0 Å². The summed E-state index contributed by atoms with van der Waals surface area (Å²) in [7, 11) is 0. The summed E-state index contributed by atoms with van der Waals surface area (Å²) in [5.41, 5.74) is 11.5. The third-order valence-electron chi connectivity index (χ3n) is 3.58. The maximum Gasteiger partial charge on any atom is 0.242 e. The first-order chi connectivity index (χ1) is 8.63. The molecule has 98 valence electrons. The first-order valence-electron chi connectivity index (χ1n) is 6.39. The fourth-order valence-electron chi connectivity index (χ4n) is 2.34. The smallest absolute Gasteiger partial charge is 0.242 e. The van der Waals surface area contributed by atoms with E-state index in [1.54, 1.807) is 11.8 Å². The van der Waals surface area contributed by atoms with Crippen LogP contribution < -0.4 is 11.5 Å². The summed E-state index contributed by atoms with van der Waals surface area (Å²) in [5, 5.41) is 0.635. The summed E-state index contributed by atoms with van der Waals surface area (Å²) >= 11 is 1.79. The normalized spacial score (nSPS) is 19.6. The number of hydrogen-bond donors (Lipinski definition) is 2. The van der Waals surface area contributed by atoms with Crippen LogP contribution in [0.1, 0.15) is 31.2 Å². The molecule has 4 heteroatoms. The van der Waals surface area contributed by atoms with E-state index in [0.717, 1.165) is 5.56 Å². The van der Waals surface area contributed by atoms with E-state index in [1.807, 2.05) is 30.3 Å². The van der Waals surface area contributed by atoms with Crippen molar-refractivity contribution in [1.82, 2.24) is 0 Å². The van der Waals surface area contributed by atoms with E-state index in [0.29, 0.717) is 11.0 Å². The molecule has 0 radical (unpaired) electrons. The lowest BCUT2D eigenvalue weighted by molar-refractivity contribution is -0.122. The molecule has 1 saturated carbocycles. The van der Waals surface area contributed by atoms with Crippen molar-refractivity contribution in [3.8, 4) is 0 Å². The van der Waals surface area contributed by atoms with Crippen molar-refractivity contribution < 1.29 is 4.79 Å². The Morgan fingerprint density at radius 3 is 2.44 bits per heavy atom. The van der Waals surface area contributed by atoms with E-state index in [2.05, 4.69) is 0 Å². The molecule has 1 aromatic rings. The minimum atomic E-state index is -1.05. The Hall–Kier alpha value is -1.00. The Labute approximate surface area is 112 Å². The van der Waals surface area contributed by atoms with Crippen molar-refractivity contribution in [2.24, 2.45) is 11.5 Å². The molecule has 1 aliphatic carbocycles. The second-order valence-corrected chi connectivity index (χ2v) is 6.21. The van der Waals surface area contributed by atoms with Crippen molar-refractivity contribution in [3.63, 3.8) is 0 Å². The Morgan fingerprint density at radius 2 is 1.89 bits per heavy atom. The van der Waals surface area contributed by atoms with Gasteiger partial charge in [0.25, 0.3) is 0 Å². The predicted octanol–water partition coefficient (Wildman–Crippen LogP) is 2.00. The van der Waals surface area contributed by atoms with Gasteiger partial charge in [-0.05, 0) is 18.4 Å². The molecule has 0 heterocycles. The van der Waals surface area contributed by atoms with Gasteiger partial charge < -0.3 is 11.5 Å². The standard InChI is InChI=1S/C14H20N2OS/c15-13(17)14(16,11-6-2-1-3-7-11)10-18-12-8-4-5-9-12/h1-3,6-7,12H,4-5,8-10,16H2,(H2,15,17). The van der Waals surface area contributed by atoms with Gasteiger partial charge in [0.1, 0.15) is 5.54 Å². The van der Waals surface area contributed by atoms with Crippen LogP contribution in [0.25, 0.3) is 0 Å². The molecule has 4 N–H and O–H groups in total. The van der Waals surface area contributed by atoms with E-state index in [-0.39, 0.29) is 0 Å².